The van der Waals surface area contributed by atoms with Crippen molar-refractivity contribution >= 4 is 5.69 Å². The molecule has 106 valence electrons. The Hall–Kier alpha value is -1.74. The molecule has 0 spiro atoms. The van der Waals surface area contributed by atoms with Gasteiger partial charge in [0.15, 0.2) is 0 Å². The second kappa shape index (κ2) is 5.93. The Morgan fingerprint density at radius 1 is 1.32 bits per heavy atom. The van der Waals surface area contributed by atoms with E-state index in [0.717, 1.165) is 0 Å². The van der Waals surface area contributed by atoms with E-state index in [1.807, 2.05) is 0 Å². The van der Waals surface area contributed by atoms with E-state index >= 15 is 0 Å². The van der Waals surface area contributed by atoms with Crippen LogP contribution in [0, 0.1) is 21.7 Å². The van der Waals surface area contributed by atoms with Gasteiger partial charge in [-0.05, 0) is 0 Å². The number of alkyl halides is 2. The van der Waals surface area contributed by atoms with Crippen molar-refractivity contribution in [1.29, 1.82) is 0 Å². The van der Waals surface area contributed by atoms with Crippen LogP contribution >= 0.6 is 0 Å². The molecule has 0 aliphatic carbocycles. The topological polar surface area (TPSA) is 75.4 Å². The minimum atomic E-state index is -3.39. The molecule has 0 fully saturated rings. The number of nitrogens with one attached hydrogen (secondary N) is 1. The van der Waals surface area contributed by atoms with Crippen LogP contribution in [0.3, 0.4) is 0 Å². The molecule has 0 unspecified atom stereocenters. The number of halogens is 4. The second-order valence-electron chi connectivity index (χ2n) is 3.77. The van der Waals surface area contributed by atoms with E-state index in [1.165, 1.54) is 0 Å². The van der Waals surface area contributed by atoms with E-state index in [-0.39, 0.29) is 5.56 Å². The molecule has 0 aliphatic heterocycles. The van der Waals surface area contributed by atoms with Gasteiger partial charge in [0.05, 0.1) is 11.5 Å². The van der Waals surface area contributed by atoms with E-state index in [0.29, 0.717) is 12.1 Å². The molecule has 0 aliphatic rings. The highest BCUT2D eigenvalue weighted by Gasteiger charge is 2.27. The predicted molar refractivity (Wildman–Crippen MR) is 56.8 cm³/mol. The minimum absolute atomic E-state index is 0.318. The molecule has 0 radical (unpaired) electrons. The van der Waals surface area contributed by atoms with Gasteiger partial charge in [0, 0.05) is 24.2 Å². The number of nitro benzene ring substituents is 1. The van der Waals surface area contributed by atoms with Gasteiger partial charge in [-0.2, -0.15) is 4.39 Å². The van der Waals surface area contributed by atoms with Crippen LogP contribution in [0.5, 0.6) is 0 Å². The number of aliphatic hydroxyl groups is 1. The molecule has 0 amide bonds. The first-order chi connectivity index (χ1) is 8.76. The SMILES string of the molecule is O=[N+]([O-])c1cc(CNCC(F)(F)CO)c(F)cc1F. The number of aliphatic hydroxyl groups excluding tert-OH is 1. The summed E-state index contributed by atoms with van der Waals surface area (Å²) in [5, 5.41) is 20.9. The largest absolute Gasteiger partial charge is 0.390 e. The summed E-state index contributed by atoms with van der Waals surface area (Å²) < 4.78 is 51.6. The fourth-order valence-electron chi connectivity index (χ4n) is 1.29. The Bertz CT molecular complexity index is 482. The van der Waals surface area contributed by atoms with Gasteiger partial charge >= 0.3 is 5.69 Å². The highest BCUT2D eigenvalue weighted by atomic mass is 19.3. The molecular weight excluding hydrogens is 272 g/mol. The summed E-state index contributed by atoms with van der Waals surface area (Å²) in [6.45, 7) is -2.78. The maximum atomic E-state index is 13.3. The lowest BCUT2D eigenvalue weighted by Gasteiger charge is -2.14. The summed E-state index contributed by atoms with van der Waals surface area (Å²) >= 11 is 0. The monoisotopic (exact) mass is 282 g/mol. The third-order valence-electron chi connectivity index (χ3n) is 2.24. The molecule has 0 saturated heterocycles. The van der Waals surface area contributed by atoms with Crippen molar-refractivity contribution in [3.63, 3.8) is 0 Å². The Morgan fingerprint density at radius 2 is 1.95 bits per heavy atom. The van der Waals surface area contributed by atoms with Crippen LogP contribution in [0.4, 0.5) is 23.2 Å². The summed E-state index contributed by atoms with van der Waals surface area (Å²) in [4.78, 5) is 9.39. The molecule has 0 atom stereocenters. The summed E-state index contributed by atoms with van der Waals surface area (Å²) in [5.74, 6) is -5.81. The molecule has 1 aromatic carbocycles. The fraction of sp³-hybridized carbons (Fsp3) is 0.400. The summed E-state index contributed by atoms with van der Waals surface area (Å²) in [7, 11) is 0. The van der Waals surface area contributed by atoms with Gasteiger partial charge in [0.25, 0.3) is 5.92 Å². The van der Waals surface area contributed by atoms with Gasteiger partial charge in [-0.1, -0.05) is 0 Å². The average Bonchev–Trinajstić information content (AvgIpc) is 2.31. The van der Waals surface area contributed by atoms with E-state index in [9.17, 15) is 27.7 Å². The molecule has 0 heterocycles. The lowest BCUT2D eigenvalue weighted by molar-refractivity contribution is -0.387. The van der Waals surface area contributed by atoms with Gasteiger partial charge in [-0.3, -0.25) is 10.1 Å². The zero-order valence-electron chi connectivity index (χ0n) is 9.50. The van der Waals surface area contributed by atoms with Crippen LogP contribution in [-0.2, 0) is 6.54 Å². The van der Waals surface area contributed by atoms with Crippen LogP contribution in [0.1, 0.15) is 5.56 Å². The predicted octanol–water partition coefficient (Wildman–Crippen LogP) is 1.59. The Morgan fingerprint density at radius 3 is 2.47 bits per heavy atom. The molecule has 1 rings (SSSR count). The quantitative estimate of drug-likeness (QED) is 0.472. The number of rotatable bonds is 6. The fourth-order valence-corrected chi connectivity index (χ4v) is 1.29. The van der Waals surface area contributed by atoms with Gasteiger partial charge in [0.1, 0.15) is 12.4 Å². The zero-order chi connectivity index (χ0) is 14.6. The number of hydrogen-bond donors (Lipinski definition) is 2. The lowest BCUT2D eigenvalue weighted by atomic mass is 10.1. The summed E-state index contributed by atoms with van der Waals surface area (Å²) in [5.41, 5.74) is -1.26. The Balaban J connectivity index is 2.79. The number of benzene rings is 1. The van der Waals surface area contributed by atoms with Crippen molar-refractivity contribution in [2.24, 2.45) is 0 Å². The first kappa shape index (κ1) is 15.3. The molecular formula is C10H10F4N2O3. The van der Waals surface area contributed by atoms with E-state index in [4.69, 9.17) is 5.11 Å². The van der Waals surface area contributed by atoms with Gasteiger partial charge in [-0.15, -0.1) is 0 Å². The van der Waals surface area contributed by atoms with Crippen molar-refractivity contribution in [2.75, 3.05) is 13.2 Å². The molecule has 0 aromatic heterocycles. The zero-order valence-corrected chi connectivity index (χ0v) is 9.50. The van der Waals surface area contributed by atoms with Crippen molar-refractivity contribution in [3.05, 3.63) is 39.4 Å². The van der Waals surface area contributed by atoms with Crippen LogP contribution in [-0.4, -0.2) is 29.1 Å². The standard InChI is InChI=1S/C10H10F4N2O3/c11-7-2-8(12)9(16(18)19)1-6(7)3-15-4-10(13,14)5-17/h1-2,15,17H,3-5H2. The summed E-state index contributed by atoms with van der Waals surface area (Å²) in [6.07, 6.45) is 0. The molecule has 5 nitrogen and oxygen atoms in total. The third-order valence-corrected chi connectivity index (χ3v) is 2.24. The normalized spacial score (nSPS) is 11.6. The highest BCUT2D eigenvalue weighted by molar-refractivity contribution is 5.37. The molecule has 19 heavy (non-hydrogen) atoms. The van der Waals surface area contributed by atoms with Crippen LogP contribution < -0.4 is 5.32 Å². The molecule has 0 saturated carbocycles. The van der Waals surface area contributed by atoms with Crippen LogP contribution in [0.2, 0.25) is 0 Å². The van der Waals surface area contributed by atoms with Crippen molar-refractivity contribution < 1.29 is 27.6 Å². The Kier molecular flexibility index (Phi) is 4.78. The van der Waals surface area contributed by atoms with Crippen LogP contribution in [0.25, 0.3) is 0 Å². The van der Waals surface area contributed by atoms with Crippen molar-refractivity contribution in [2.45, 2.75) is 12.5 Å². The minimum Gasteiger partial charge on any atom is -0.390 e. The number of hydrogen-bond acceptors (Lipinski definition) is 4. The first-order valence-corrected chi connectivity index (χ1v) is 5.08. The molecule has 2 N–H and O–H groups in total. The van der Waals surface area contributed by atoms with Gasteiger partial charge in [-0.25, -0.2) is 13.2 Å². The number of nitrogens with zero attached hydrogens (tertiary/aromatic N) is 1. The first-order valence-electron chi connectivity index (χ1n) is 5.08. The maximum absolute atomic E-state index is 13.3. The van der Waals surface area contributed by atoms with Gasteiger partial charge in [0.2, 0.25) is 5.82 Å². The van der Waals surface area contributed by atoms with E-state index in [1.54, 1.807) is 0 Å². The van der Waals surface area contributed by atoms with E-state index in [2.05, 4.69) is 5.32 Å². The van der Waals surface area contributed by atoms with Crippen LogP contribution in [0.15, 0.2) is 12.1 Å². The van der Waals surface area contributed by atoms with Crippen molar-refractivity contribution in [1.82, 2.24) is 5.32 Å². The average molecular weight is 282 g/mol. The van der Waals surface area contributed by atoms with Crippen molar-refractivity contribution in [3.8, 4) is 0 Å². The third kappa shape index (κ3) is 4.14. The van der Waals surface area contributed by atoms with Gasteiger partial charge < -0.3 is 10.4 Å². The smallest absolute Gasteiger partial charge is 0.305 e. The molecule has 0 bridgehead atoms. The maximum Gasteiger partial charge on any atom is 0.305 e. The Labute approximate surface area is 105 Å². The molecule has 1 aromatic rings. The number of nitro groups is 1. The summed E-state index contributed by atoms with van der Waals surface area (Å²) in [6, 6.07) is 0.952. The highest BCUT2D eigenvalue weighted by Crippen LogP contribution is 2.21. The molecule has 9 heteroatoms. The van der Waals surface area contributed by atoms with E-state index < -0.39 is 47.9 Å². The lowest BCUT2D eigenvalue weighted by Crippen LogP contribution is -2.35. The second-order valence-corrected chi connectivity index (χ2v) is 3.77.